The first-order chi connectivity index (χ1) is 15.2. The topological polar surface area (TPSA) is 57.5 Å². The fourth-order valence-corrected chi connectivity index (χ4v) is 3.65. The number of rotatable bonds is 8. The number of aryl methyl sites for hydroxylation is 2. The fourth-order valence-electron chi connectivity index (χ4n) is 3.65. The molecule has 0 radical (unpaired) electrons. The molecule has 3 aromatic rings. The third-order valence-corrected chi connectivity index (χ3v) is 6.15. The molecule has 0 amide bonds. The molecule has 0 saturated heterocycles. The Bertz CT molecular complexity index is 1130. The van der Waals surface area contributed by atoms with Gasteiger partial charge in [0.2, 0.25) is 0 Å². The van der Waals surface area contributed by atoms with E-state index < -0.39 is 11.4 Å². The molecule has 0 fully saturated rings. The number of aliphatic hydroxyl groups is 1. The minimum atomic E-state index is -1.14. The van der Waals surface area contributed by atoms with Crippen LogP contribution in [0.4, 0.5) is 4.39 Å². The van der Waals surface area contributed by atoms with E-state index in [0.29, 0.717) is 12.8 Å². The van der Waals surface area contributed by atoms with Gasteiger partial charge < -0.3 is 10.2 Å². The van der Waals surface area contributed by atoms with E-state index in [4.69, 9.17) is 0 Å². The first-order valence-electron chi connectivity index (χ1n) is 10.7. The summed E-state index contributed by atoms with van der Waals surface area (Å²) in [6.07, 6.45) is 5.08. The van der Waals surface area contributed by atoms with Crippen molar-refractivity contribution in [1.29, 1.82) is 0 Å². The summed E-state index contributed by atoms with van der Waals surface area (Å²) in [6, 6.07) is 18.7. The maximum atomic E-state index is 13.3. The summed E-state index contributed by atoms with van der Waals surface area (Å²) in [6.45, 7) is 5.29. The molecule has 1 unspecified atom stereocenters. The highest BCUT2D eigenvalue weighted by Gasteiger charge is 2.31. The smallest absolute Gasteiger partial charge is 0.311 e. The number of aliphatic hydroxyl groups excluding tert-OH is 1. The van der Waals surface area contributed by atoms with Crippen LogP contribution >= 0.6 is 0 Å². The molecule has 4 heteroatoms. The lowest BCUT2D eigenvalue weighted by atomic mass is 9.84. The Kier molecular flexibility index (Phi) is 7.26. The van der Waals surface area contributed by atoms with Crippen molar-refractivity contribution in [2.24, 2.45) is 5.41 Å². The molecular weight excluding hydrogens is 403 g/mol. The molecule has 3 nitrogen and oxygen atoms in total. The van der Waals surface area contributed by atoms with Crippen LogP contribution in [0.15, 0.2) is 60.7 Å². The van der Waals surface area contributed by atoms with Crippen molar-refractivity contribution < 1.29 is 19.4 Å². The van der Waals surface area contributed by atoms with Gasteiger partial charge in [0.05, 0.1) is 12.0 Å². The average molecular weight is 433 g/mol. The molecule has 0 aliphatic rings. The lowest BCUT2D eigenvalue weighted by Crippen LogP contribution is -2.32. The average Bonchev–Trinajstić information content (AvgIpc) is 2.78. The largest absolute Gasteiger partial charge is 0.481 e. The van der Waals surface area contributed by atoms with Crippen LogP contribution in [0.5, 0.6) is 0 Å². The van der Waals surface area contributed by atoms with Crippen molar-refractivity contribution in [3.8, 4) is 11.1 Å². The van der Waals surface area contributed by atoms with Crippen LogP contribution in [-0.2, 0) is 11.2 Å². The number of carboxylic acids is 1. The number of benzene rings is 3. The molecule has 1 atom stereocenters. The van der Waals surface area contributed by atoms with E-state index in [1.807, 2.05) is 31.2 Å². The number of halogens is 1. The van der Waals surface area contributed by atoms with Crippen molar-refractivity contribution >= 4 is 18.1 Å². The van der Waals surface area contributed by atoms with Gasteiger partial charge in [-0.2, -0.15) is 0 Å². The molecule has 3 rings (SSSR count). The van der Waals surface area contributed by atoms with E-state index >= 15 is 0 Å². The third kappa shape index (κ3) is 5.32. The highest BCUT2D eigenvalue weighted by Crippen LogP contribution is 2.28. The molecule has 2 N–H and O–H groups in total. The molecule has 0 aliphatic carbocycles. The van der Waals surface area contributed by atoms with Gasteiger partial charge in [0.1, 0.15) is 5.82 Å². The Morgan fingerprint density at radius 3 is 2.34 bits per heavy atom. The number of hydrogen-bond donors (Lipinski definition) is 2. The first-order valence-corrected chi connectivity index (χ1v) is 10.7. The minimum Gasteiger partial charge on any atom is -0.481 e. The van der Waals surface area contributed by atoms with Crippen LogP contribution in [0.3, 0.4) is 0 Å². The SMILES string of the molecule is Cc1ccc(CCC(C)(CO)C(=O)O)cc1/C=C/c1cccc(-c2ccc(F)cc2)c1C. The van der Waals surface area contributed by atoms with Gasteiger partial charge in [-0.05, 0) is 84.7 Å². The fraction of sp³-hybridized carbons (Fsp3) is 0.250. The quantitative estimate of drug-likeness (QED) is 0.411. The summed E-state index contributed by atoms with van der Waals surface area (Å²) in [5.41, 5.74) is 6.32. The number of carboxylic acid groups (broad SMARTS) is 1. The van der Waals surface area contributed by atoms with Crippen molar-refractivity contribution in [2.45, 2.75) is 33.6 Å². The van der Waals surface area contributed by atoms with Gasteiger partial charge in [-0.15, -0.1) is 0 Å². The molecular formula is C28H29FO3. The zero-order valence-electron chi connectivity index (χ0n) is 18.7. The summed E-state index contributed by atoms with van der Waals surface area (Å²) in [4.78, 5) is 11.4. The van der Waals surface area contributed by atoms with Crippen LogP contribution in [0.25, 0.3) is 23.3 Å². The van der Waals surface area contributed by atoms with Crippen LogP contribution in [-0.4, -0.2) is 22.8 Å². The molecule has 0 saturated carbocycles. The maximum absolute atomic E-state index is 13.3. The molecule has 0 spiro atoms. The Morgan fingerprint density at radius 2 is 1.69 bits per heavy atom. The van der Waals surface area contributed by atoms with Crippen LogP contribution in [0.2, 0.25) is 0 Å². The summed E-state index contributed by atoms with van der Waals surface area (Å²) in [5.74, 6) is -1.23. The predicted octanol–water partition coefficient (Wildman–Crippen LogP) is 6.30. The first kappa shape index (κ1) is 23.4. The summed E-state index contributed by atoms with van der Waals surface area (Å²) >= 11 is 0. The van der Waals surface area contributed by atoms with Gasteiger partial charge in [0, 0.05) is 0 Å². The van der Waals surface area contributed by atoms with Gasteiger partial charge in [0.25, 0.3) is 0 Å². The second kappa shape index (κ2) is 9.92. The van der Waals surface area contributed by atoms with Crippen LogP contribution in [0, 0.1) is 25.1 Å². The molecule has 0 aliphatic heterocycles. The Balaban J connectivity index is 1.84. The molecule has 166 valence electrons. The summed E-state index contributed by atoms with van der Waals surface area (Å²) in [7, 11) is 0. The van der Waals surface area contributed by atoms with E-state index in [9.17, 15) is 19.4 Å². The zero-order valence-corrected chi connectivity index (χ0v) is 18.7. The Hall–Kier alpha value is -3.24. The molecule has 3 aromatic carbocycles. The predicted molar refractivity (Wildman–Crippen MR) is 128 cm³/mol. The minimum absolute atomic E-state index is 0.250. The lowest BCUT2D eigenvalue weighted by Gasteiger charge is -2.21. The summed E-state index contributed by atoms with van der Waals surface area (Å²) in [5, 5.41) is 18.9. The highest BCUT2D eigenvalue weighted by atomic mass is 19.1. The van der Waals surface area contributed by atoms with Crippen molar-refractivity contribution in [3.05, 3.63) is 94.3 Å². The van der Waals surface area contributed by atoms with Crippen LogP contribution < -0.4 is 0 Å². The normalized spacial score (nSPS) is 13.3. The Morgan fingerprint density at radius 1 is 1.00 bits per heavy atom. The zero-order chi connectivity index (χ0) is 23.3. The second-order valence-corrected chi connectivity index (χ2v) is 8.57. The Labute approximate surface area is 188 Å². The molecule has 0 heterocycles. The highest BCUT2D eigenvalue weighted by molar-refractivity contribution is 5.78. The van der Waals surface area contributed by atoms with Crippen molar-refractivity contribution in [2.75, 3.05) is 6.61 Å². The standard InChI is InChI=1S/C28H29FO3/c1-19-7-8-21(15-16-28(3,18-30)27(31)32)17-24(19)10-9-22-5-4-6-26(20(22)2)23-11-13-25(29)14-12-23/h4-14,17,30H,15-16,18H2,1-3H3,(H,31,32)/b10-9+. The van der Waals surface area contributed by atoms with Crippen LogP contribution in [0.1, 0.15) is 41.2 Å². The van der Waals surface area contributed by atoms with E-state index in [-0.39, 0.29) is 12.4 Å². The van der Waals surface area contributed by atoms with E-state index in [0.717, 1.165) is 38.9 Å². The maximum Gasteiger partial charge on any atom is 0.311 e. The van der Waals surface area contributed by atoms with Gasteiger partial charge in [-0.25, -0.2) is 4.39 Å². The molecule has 0 aromatic heterocycles. The third-order valence-electron chi connectivity index (χ3n) is 6.15. The second-order valence-electron chi connectivity index (χ2n) is 8.57. The number of hydrogen-bond acceptors (Lipinski definition) is 2. The van der Waals surface area contributed by atoms with E-state index in [1.165, 1.54) is 12.1 Å². The number of aliphatic carboxylic acids is 1. The van der Waals surface area contributed by atoms with E-state index in [1.54, 1.807) is 19.1 Å². The monoisotopic (exact) mass is 432 g/mol. The van der Waals surface area contributed by atoms with Crippen molar-refractivity contribution in [1.82, 2.24) is 0 Å². The van der Waals surface area contributed by atoms with Gasteiger partial charge in [-0.3, -0.25) is 4.79 Å². The molecule has 32 heavy (non-hydrogen) atoms. The lowest BCUT2D eigenvalue weighted by molar-refractivity contribution is -0.150. The van der Waals surface area contributed by atoms with Gasteiger partial charge in [0.15, 0.2) is 0 Å². The molecule has 0 bridgehead atoms. The summed E-state index contributed by atoms with van der Waals surface area (Å²) < 4.78 is 13.3. The number of carbonyl (C=O) groups is 1. The van der Waals surface area contributed by atoms with Crippen molar-refractivity contribution in [3.63, 3.8) is 0 Å². The van der Waals surface area contributed by atoms with E-state index in [2.05, 4.69) is 31.2 Å². The van der Waals surface area contributed by atoms with Gasteiger partial charge in [-0.1, -0.05) is 60.7 Å². The van der Waals surface area contributed by atoms with Gasteiger partial charge >= 0.3 is 5.97 Å².